The Kier molecular flexibility index (Phi) is 3.29. The van der Waals surface area contributed by atoms with Gasteiger partial charge in [0.2, 0.25) is 5.91 Å². The molecule has 0 aromatic heterocycles. The second-order valence-corrected chi connectivity index (χ2v) is 3.23. The molecule has 0 saturated carbocycles. The first-order valence-electron chi connectivity index (χ1n) is 4.37. The van der Waals surface area contributed by atoms with Crippen LogP contribution in [0.15, 0.2) is 12.7 Å². The van der Waals surface area contributed by atoms with Crippen molar-refractivity contribution in [3.63, 3.8) is 0 Å². The number of carbonyl (C=O) groups excluding carboxylic acids is 1. The van der Waals surface area contributed by atoms with E-state index in [0.29, 0.717) is 12.5 Å². The Hall–Kier alpha value is -0.830. The van der Waals surface area contributed by atoms with E-state index < -0.39 is 0 Å². The topological polar surface area (TPSA) is 41.1 Å². The fourth-order valence-corrected chi connectivity index (χ4v) is 1.47. The van der Waals surface area contributed by atoms with Crippen LogP contribution in [0, 0.1) is 5.92 Å². The van der Waals surface area contributed by atoms with Gasteiger partial charge in [-0.2, -0.15) is 0 Å². The van der Waals surface area contributed by atoms with Gasteiger partial charge in [0, 0.05) is 6.54 Å². The van der Waals surface area contributed by atoms with Gasteiger partial charge >= 0.3 is 0 Å². The van der Waals surface area contributed by atoms with E-state index in [1.165, 1.54) is 0 Å². The lowest BCUT2D eigenvalue weighted by atomic mass is 10.0. The predicted octanol–water partition coefficient (Wildman–Crippen LogP) is 0.287. The van der Waals surface area contributed by atoms with Crippen molar-refractivity contribution >= 4 is 5.91 Å². The van der Waals surface area contributed by atoms with Crippen molar-refractivity contribution in [3.8, 4) is 0 Å². The second kappa shape index (κ2) is 4.26. The van der Waals surface area contributed by atoms with Crippen LogP contribution in [0.1, 0.15) is 13.3 Å². The van der Waals surface area contributed by atoms with E-state index in [-0.39, 0.29) is 11.9 Å². The molecule has 1 amide bonds. The minimum Gasteiger partial charge on any atom is -0.351 e. The van der Waals surface area contributed by atoms with E-state index in [4.69, 9.17) is 0 Å². The fraction of sp³-hybridized carbons (Fsp3) is 0.667. The molecule has 12 heavy (non-hydrogen) atoms. The molecule has 1 heterocycles. The highest BCUT2D eigenvalue weighted by atomic mass is 16.2. The minimum atomic E-state index is 0.00458. The van der Waals surface area contributed by atoms with Gasteiger partial charge in [0.05, 0.1) is 6.04 Å². The highest BCUT2D eigenvalue weighted by Crippen LogP contribution is 2.13. The van der Waals surface area contributed by atoms with Gasteiger partial charge in [-0.3, -0.25) is 4.79 Å². The zero-order valence-corrected chi connectivity index (χ0v) is 7.47. The Morgan fingerprint density at radius 2 is 2.58 bits per heavy atom. The molecule has 0 bridgehead atoms. The molecular formula is C9H16N2O. The first-order chi connectivity index (χ1) is 5.75. The predicted molar refractivity (Wildman–Crippen MR) is 48.8 cm³/mol. The fourth-order valence-electron chi connectivity index (χ4n) is 1.47. The molecule has 3 heteroatoms. The van der Waals surface area contributed by atoms with Crippen LogP contribution >= 0.6 is 0 Å². The van der Waals surface area contributed by atoms with Gasteiger partial charge in [-0.15, -0.1) is 6.58 Å². The van der Waals surface area contributed by atoms with Gasteiger partial charge in [0.25, 0.3) is 0 Å². The molecule has 1 saturated heterocycles. The highest BCUT2D eigenvalue weighted by Gasteiger charge is 2.28. The maximum absolute atomic E-state index is 11.4. The molecule has 3 nitrogen and oxygen atoms in total. The van der Waals surface area contributed by atoms with Crippen molar-refractivity contribution in [1.82, 2.24) is 10.6 Å². The van der Waals surface area contributed by atoms with Gasteiger partial charge in [0.15, 0.2) is 0 Å². The number of hydrogen-bond acceptors (Lipinski definition) is 2. The molecule has 1 rings (SSSR count). The van der Waals surface area contributed by atoms with Crippen molar-refractivity contribution in [2.24, 2.45) is 5.92 Å². The average Bonchev–Trinajstić information content (AvgIpc) is 2.47. The van der Waals surface area contributed by atoms with Gasteiger partial charge < -0.3 is 10.6 Å². The van der Waals surface area contributed by atoms with Crippen LogP contribution in [0.2, 0.25) is 0 Å². The Morgan fingerprint density at radius 3 is 3.08 bits per heavy atom. The summed E-state index contributed by atoms with van der Waals surface area (Å²) in [6.45, 7) is 7.15. The first-order valence-corrected chi connectivity index (χ1v) is 4.37. The van der Waals surface area contributed by atoms with E-state index in [1.54, 1.807) is 6.08 Å². The highest BCUT2D eigenvalue weighted by molar-refractivity contribution is 5.82. The van der Waals surface area contributed by atoms with E-state index in [0.717, 1.165) is 13.0 Å². The summed E-state index contributed by atoms with van der Waals surface area (Å²) in [6.07, 6.45) is 2.78. The molecule has 2 N–H and O–H groups in total. The smallest absolute Gasteiger partial charge is 0.237 e. The average molecular weight is 168 g/mol. The molecule has 1 aliphatic rings. The molecule has 68 valence electrons. The van der Waals surface area contributed by atoms with Crippen molar-refractivity contribution in [2.45, 2.75) is 19.4 Å². The number of nitrogens with one attached hydrogen (secondary N) is 2. The third kappa shape index (κ3) is 2.08. The summed E-state index contributed by atoms with van der Waals surface area (Å²) in [5.41, 5.74) is 0. The van der Waals surface area contributed by atoms with Crippen LogP contribution in [0.5, 0.6) is 0 Å². The molecule has 2 unspecified atom stereocenters. The molecule has 0 radical (unpaired) electrons. The van der Waals surface area contributed by atoms with Crippen LogP contribution in [0.25, 0.3) is 0 Å². The number of amides is 1. The first kappa shape index (κ1) is 9.26. The maximum atomic E-state index is 11.4. The van der Waals surface area contributed by atoms with Crippen molar-refractivity contribution in [2.75, 3.05) is 13.1 Å². The van der Waals surface area contributed by atoms with Gasteiger partial charge in [-0.1, -0.05) is 13.0 Å². The van der Waals surface area contributed by atoms with Gasteiger partial charge in [-0.05, 0) is 18.9 Å². The summed E-state index contributed by atoms with van der Waals surface area (Å²) in [6, 6.07) is 0.00458. The third-order valence-corrected chi connectivity index (χ3v) is 2.24. The quantitative estimate of drug-likeness (QED) is 0.595. The maximum Gasteiger partial charge on any atom is 0.237 e. The molecule has 2 atom stereocenters. The molecule has 0 spiro atoms. The molecule has 1 aliphatic heterocycles. The van der Waals surface area contributed by atoms with E-state index in [9.17, 15) is 4.79 Å². The zero-order chi connectivity index (χ0) is 8.97. The number of rotatable bonds is 3. The van der Waals surface area contributed by atoms with Crippen LogP contribution in [0.3, 0.4) is 0 Å². The van der Waals surface area contributed by atoms with Crippen LogP contribution < -0.4 is 10.6 Å². The molecule has 1 fully saturated rings. The number of carbonyl (C=O) groups is 1. The SMILES string of the molecule is C=CCNC(=O)C1NCCC1C. The van der Waals surface area contributed by atoms with Crippen LogP contribution in [-0.2, 0) is 4.79 Å². The zero-order valence-electron chi connectivity index (χ0n) is 7.47. The molecule has 0 aromatic carbocycles. The Bertz CT molecular complexity index is 179. The summed E-state index contributed by atoms with van der Waals surface area (Å²) in [5, 5.41) is 5.95. The van der Waals surface area contributed by atoms with Gasteiger partial charge in [0.1, 0.15) is 0 Å². The van der Waals surface area contributed by atoms with E-state index in [1.807, 2.05) is 0 Å². The summed E-state index contributed by atoms with van der Waals surface area (Å²) in [5.74, 6) is 0.551. The van der Waals surface area contributed by atoms with Crippen LogP contribution in [-0.4, -0.2) is 25.0 Å². The van der Waals surface area contributed by atoms with E-state index in [2.05, 4.69) is 24.1 Å². The standard InChI is InChI=1S/C9H16N2O/c1-3-5-11-9(12)8-7(2)4-6-10-8/h3,7-8,10H,1,4-6H2,2H3,(H,11,12). The Morgan fingerprint density at radius 1 is 1.83 bits per heavy atom. The lowest BCUT2D eigenvalue weighted by molar-refractivity contribution is -0.123. The lowest BCUT2D eigenvalue weighted by Gasteiger charge is -2.14. The largest absolute Gasteiger partial charge is 0.351 e. The normalized spacial score (nSPS) is 28.4. The summed E-state index contributed by atoms with van der Waals surface area (Å²) in [4.78, 5) is 11.4. The minimum absolute atomic E-state index is 0.00458. The summed E-state index contributed by atoms with van der Waals surface area (Å²) in [7, 11) is 0. The molecular weight excluding hydrogens is 152 g/mol. The Labute approximate surface area is 73.2 Å². The summed E-state index contributed by atoms with van der Waals surface area (Å²) >= 11 is 0. The monoisotopic (exact) mass is 168 g/mol. The summed E-state index contributed by atoms with van der Waals surface area (Å²) < 4.78 is 0. The second-order valence-electron chi connectivity index (χ2n) is 3.23. The molecule has 0 aromatic rings. The van der Waals surface area contributed by atoms with Crippen molar-refractivity contribution < 1.29 is 4.79 Å². The van der Waals surface area contributed by atoms with Crippen LogP contribution in [0.4, 0.5) is 0 Å². The number of hydrogen-bond donors (Lipinski definition) is 2. The Balaban J connectivity index is 2.35. The van der Waals surface area contributed by atoms with Crippen molar-refractivity contribution in [3.05, 3.63) is 12.7 Å². The molecule has 0 aliphatic carbocycles. The lowest BCUT2D eigenvalue weighted by Crippen LogP contribution is -2.43. The third-order valence-electron chi connectivity index (χ3n) is 2.24. The van der Waals surface area contributed by atoms with Crippen molar-refractivity contribution in [1.29, 1.82) is 0 Å². The van der Waals surface area contributed by atoms with Gasteiger partial charge in [-0.25, -0.2) is 0 Å². The van der Waals surface area contributed by atoms with E-state index >= 15 is 0 Å².